The number of hydrogen-bond acceptors (Lipinski definition) is 5. The van der Waals surface area contributed by atoms with Gasteiger partial charge < -0.3 is 15.0 Å². The third kappa shape index (κ3) is 5.58. The summed E-state index contributed by atoms with van der Waals surface area (Å²) in [6.45, 7) is 6.70. The Morgan fingerprint density at radius 2 is 1.74 bits per heavy atom. The third-order valence-corrected chi connectivity index (χ3v) is 6.28. The summed E-state index contributed by atoms with van der Waals surface area (Å²) in [6, 6.07) is 14.6. The fraction of sp³-hybridized carbons (Fsp3) is 0.321. The Labute approximate surface area is 218 Å². The number of aromatic nitrogens is 3. The van der Waals surface area contributed by atoms with Crippen LogP contribution in [0, 0.1) is 0 Å². The molecule has 0 saturated carbocycles. The van der Waals surface area contributed by atoms with Crippen LogP contribution in [0.4, 0.5) is 29.6 Å². The molecule has 1 amide bonds. The number of nitrogens with zero attached hydrogens (tertiary/aromatic N) is 4. The summed E-state index contributed by atoms with van der Waals surface area (Å²) in [5, 5.41) is 7.68. The molecule has 0 saturated heterocycles. The van der Waals surface area contributed by atoms with E-state index in [0.29, 0.717) is 42.2 Å². The fourth-order valence-electron chi connectivity index (χ4n) is 4.49. The number of nitrogens with one attached hydrogen (secondary N) is 1. The van der Waals surface area contributed by atoms with E-state index in [1.54, 1.807) is 33.8 Å². The number of carbonyl (C=O) groups excluding carboxylic acids is 1. The predicted molar refractivity (Wildman–Crippen MR) is 138 cm³/mol. The Hall–Kier alpha value is -4.08. The Bertz CT molecular complexity index is 1490. The fourth-order valence-corrected chi connectivity index (χ4v) is 4.49. The number of hydrogen-bond donors (Lipinski definition) is 1. The minimum Gasteiger partial charge on any atom is -0.444 e. The van der Waals surface area contributed by atoms with E-state index in [-0.39, 0.29) is 6.09 Å². The molecule has 5 rings (SSSR count). The van der Waals surface area contributed by atoms with Gasteiger partial charge in [0.25, 0.3) is 0 Å². The molecule has 1 N–H and O–H groups in total. The van der Waals surface area contributed by atoms with Gasteiger partial charge >= 0.3 is 12.3 Å². The van der Waals surface area contributed by atoms with E-state index in [9.17, 15) is 18.0 Å². The van der Waals surface area contributed by atoms with Crippen LogP contribution in [0.15, 0.2) is 60.8 Å². The maximum Gasteiger partial charge on any atom is 0.416 e. The van der Waals surface area contributed by atoms with Crippen LogP contribution in [0.3, 0.4) is 0 Å². The van der Waals surface area contributed by atoms with Crippen molar-refractivity contribution < 1.29 is 22.7 Å². The number of fused-ring (bicyclic) bond motifs is 2. The van der Waals surface area contributed by atoms with E-state index >= 15 is 0 Å². The van der Waals surface area contributed by atoms with Gasteiger partial charge in [-0.1, -0.05) is 18.2 Å². The number of halogens is 3. The quantitative estimate of drug-likeness (QED) is 0.332. The molecule has 0 bridgehead atoms. The first-order chi connectivity index (χ1) is 18.0. The molecule has 0 fully saturated rings. The Morgan fingerprint density at radius 3 is 2.47 bits per heavy atom. The molecule has 1 aliphatic heterocycles. The first-order valence-corrected chi connectivity index (χ1v) is 12.4. The van der Waals surface area contributed by atoms with Crippen molar-refractivity contribution in [1.29, 1.82) is 0 Å². The molecule has 0 spiro atoms. The van der Waals surface area contributed by atoms with E-state index < -0.39 is 17.3 Å². The summed E-state index contributed by atoms with van der Waals surface area (Å²) in [5.74, 6) is 0.327. The minimum absolute atomic E-state index is 0.311. The molecule has 38 heavy (non-hydrogen) atoms. The molecule has 2 aromatic heterocycles. The van der Waals surface area contributed by atoms with Gasteiger partial charge in [0.1, 0.15) is 5.60 Å². The average molecular weight is 524 g/mol. The highest BCUT2D eigenvalue weighted by Crippen LogP contribution is 2.33. The Kier molecular flexibility index (Phi) is 6.50. The van der Waals surface area contributed by atoms with Crippen LogP contribution in [0.2, 0.25) is 0 Å². The second-order valence-corrected chi connectivity index (χ2v) is 10.3. The standard InChI is InChI=1S/C28H28F3N5O2/c1-27(2,3)38-26(37)35-14-11-18-9-10-22(17-19(18)12-15-35)32-25-33-24-23(8-5-13-36(24)34-25)20-6-4-7-21(16-20)28(29,30)31/h4-10,13,16-17H,11-12,14-15H2,1-3H3,(H,32,34). The number of amides is 1. The number of alkyl halides is 3. The molecular formula is C28H28F3N5O2. The van der Waals surface area contributed by atoms with Crippen molar-refractivity contribution in [1.82, 2.24) is 19.5 Å². The first-order valence-electron chi connectivity index (χ1n) is 12.4. The topological polar surface area (TPSA) is 71.8 Å². The number of anilines is 2. The van der Waals surface area contributed by atoms with Gasteiger partial charge in [-0.2, -0.15) is 18.2 Å². The molecule has 0 atom stereocenters. The highest BCUT2D eigenvalue weighted by molar-refractivity contribution is 5.78. The van der Waals surface area contributed by atoms with Crippen molar-refractivity contribution in [3.05, 3.63) is 77.5 Å². The van der Waals surface area contributed by atoms with E-state index in [1.807, 2.05) is 39.0 Å². The Balaban J connectivity index is 1.36. The molecule has 4 aromatic rings. The lowest BCUT2D eigenvalue weighted by Gasteiger charge is -2.26. The molecule has 3 heterocycles. The molecule has 1 aliphatic rings. The van der Waals surface area contributed by atoms with E-state index in [4.69, 9.17) is 4.74 Å². The summed E-state index contributed by atoms with van der Waals surface area (Å²) in [6.07, 6.45) is -1.64. The monoisotopic (exact) mass is 523 g/mol. The number of ether oxygens (including phenoxy) is 1. The minimum atomic E-state index is -4.43. The van der Waals surface area contributed by atoms with Crippen molar-refractivity contribution in [3.8, 4) is 11.1 Å². The summed E-state index contributed by atoms with van der Waals surface area (Å²) in [4.78, 5) is 18.8. The summed E-state index contributed by atoms with van der Waals surface area (Å²) in [5.41, 5.74) is 3.20. The molecule has 2 aromatic carbocycles. The smallest absolute Gasteiger partial charge is 0.416 e. The SMILES string of the molecule is CC(C)(C)OC(=O)N1CCc2ccc(Nc3nc4c(-c5cccc(C(F)(F)F)c5)cccn4n3)cc2CC1. The van der Waals surface area contributed by atoms with E-state index in [1.165, 1.54) is 6.07 Å². The van der Waals surface area contributed by atoms with Gasteiger partial charge in [-0.15, -0.1) is 5.10 Å². The number of carbonyl (C=O) groups is 1. The largest absolute Gasteiger partial charge is 0.444 e. The van der Waals surface area contributed by atoms with Crippen molar-refractivity contribution in [2.45, 2.75) is 45.4 Å². The van der Waals surface area contributed by atoms with Crippen LogP contribution in [0.5, 0.6) is 0 Å². The lowest BCUT2D eigenvalue weighted by molar-refractivity contribution is -0.137. The molecule has 198 valence electrons. The first kappa shape index (κ1) is 25.6. The number of rotatable bonds is 3. The van der Waals surface area contributed by atoms with Gasteiger partial charge in [0.2, 0.25) is 5.95 Å². The molecule has 10 heteroatoms. The van der Waals surface area contributed by atoms with Crippen molar-refractivity contribution >= 4 is 23.4 Å². The maximum absolute atomic E-state index is 13.2. The van der Waals surface area contributed by atoms with E-state index in [2.05, 4.69) is 15.4 Å². The van der Waals surface area contributed by atoms with Crippen LogP contribution in [-0.2, 0) is 23.8 Å². The van der Waals surface area contributed by atoms with Gasteiger partial charge in [-0.05, 0) is 86.7 Å². The molecule has 0 aliphatic carbocycles. The zero-order chi connectivity index (χ0) is 27.1. The van der Waals surface area contributed by atoms with Crippen LogP contribution in [0.1, 0.15) is 37.5 Å². The molecule has 0 radical (unpaired) electrons. The van der Waals surface area contributed by atoms with Crippen LogP contribution < -0.4 is 5.32 Å². The summed E-state index contributed by atoms with van der Waals surface area (Å²) >= 11 is 0. The predicted octanol–water partition coefficient (Wildman–Crippen LogP) is 6.49. The normalized spacial score (nSPS) is 14.2. The third-order valence-electron chi connectivity index (χ3n) is 6.28. The molecule has 0 unspecified atom stereocenters. The summed E-state index contributed by atoms with van der Waals surface area (Å²) < 4.78 is 46.8. The van der Waals surface area contributed by atoms with Gasteiger partial charge in [0.15, 0.2) is 5.65 Å². The van der Waals surface area contributed by atoms with Gasteiger partial charge in [0, 0.05) is 30.5 Å². The highest BCUT2D eigenvalue weighted by Gasteiger charge is 2.30. The lowest BCUT2D eigenvalue weighted by Crippen LogP contribution is -2.38. The number of pyridine rings is 1. The lowest BCUT2D eigenvalue weighted by atomic mass is 10.0. The van der Waals surface area contributed by atoms with Gasteiger partial charge in [0.05, 0.1) is 5.56 Å². The van der Waals surface area contributed by atoms with E-state index in [0.717, 1.165) is 35.4 Å². The average Bonchev–Trinajstić information content (AvgIpc) is 3.13. The van der Waals surface area contributed by atoms with Gasteiger partial charge in [-0.25, -0.2) is 9.31 Å². The molecule has 7 nitrogen and oxygen atoms in total. The zero-order valence-corrected chi connectivity index (χ0v) is 21.3. The maximum atomic E-state index is 13.2. The zero-order valence-electron chi connectivity index (χ0n) is 21.3. The van der Waals surface area contributed by atoms with Crippen LogP contribution in [-0.4, -0.2) is 44.3 Å². The van der Waals surface area contributed by atoms with Crippen molar-refractivity contribution in [2.75, 3.05) is 18.4 Å². The second kappa shape index (κ2) is 9.66. The van der Waals surface area contributed by atoms with Crippen LogP contribution in [0.25, 0.3) is 16.8 Å². The number of benzene rings is 2. The highest BCUT2D eigenvalue weighted by atomic mass is 19.4. The summed E-state index contributed by atoms with van der Waals surface area (Å²) in [7, 11) is 0. The van der Waals surface area contributed by atoms with Crippen LogP contribution >= 0.6 is 0 Å². The Morgan fingerprint density at radius 1 is 0.974 bits per heavy atom. The van der Waals surface area contributed by atoms with Crippen molar-refractivity contribution in [3.63, 3.8) is 0 Å². The van der Waals surface area contributed by atoms with Gasteiger partial charge in [-0.3, -0.25) is 0 Å². The molecular weight excluding hydrogens is 495 g/mol. The second-order valence-electron chi connectivity index (χ2n) is 10.3. The van der Waals surface area contributed by atoms with Crippen molar-refractivity contribution in [2.24, 2.45) is 0 Å².